The van der Waals surface area contributed by atoms with Crippen LogP contribution < -0.4 is 4.74 Å². The van der Waals surface area contributed by atoms with Crippen LogP contribution in [0, 0.1) is 5.41 Å². The molecular weight excluding hydrogens is 283 g/mol. The van der Waals surface area contributed by atoms with Crippen LogP contribution in [0.2, 0.25) is 5.02 Å². The van der Waals surface area contributed by atoms with Gasteiger partial charge in [-0.25, -0.2) is 4.98 Å². The molecule has 0 aliphatic heterocycles. The molecule has 0 aliphatic carbocycles. The van der Waals surface area contributed by atoms with E-state index in [0.717, 1.165) is 6.07 Å². The Labute approximate surface area is 113 Å². The van der Waals surface area contributed by atoms with Crippen LogP contribution in [0.15, 0.2) is 12.3 Å². The van der Waals surface area contributed by atoms with E-state index in [4.69, 9.17) is 16.3 Å². The number of aromatic nitrogens is 1. The highest BCUT2D eigenvalue weighted by atomic mass is 35.5. The summed E-state index contributed by atoms with van der Waals surface area (Å²) >= 11 is 5.67. The maximum atomic E-state index is 12.4. The van der Waals surface area contributed by atoms with Crippen LogP contribution in [0.1, 0.15) is 26.3 Å². The van der Waals surface area contributed by atoms with E-state index in [1.165, 1.54) is 6.92 Å². The fraction of sp³-hybridized carbons (Fsp3) is 0.500. The molecule has 0 spiro atoms. The molecule has 0 unspecified atom stereocenters. The summed E-state index contributed by atoms with van der Waals surface area (Å²) in [5.41, 5.74) is -1.70. The first kappa shape index (κ1) is 15.8. The molecule has 0 amide bonds. The van der Waals surface area contributed by atoms with Crippen molar-refractivity contribution in [3.63, 3.8) is 0 Å². The highest BCUT2D eigenvalue weighted by Crippen LogP contribution is 2.33. The normalized spacial score (nSPS) is 12.4. The smallest absolute Gasteiger partial charge is 0.417 e. The summed E-state index contributed by atoms with van der Waals surface area (Å²) in [6, 6.07) is 0.741. The molecule has 3 nitrogen and oxygen atoms in total. The molecule has 1 aromatic heterocycles. The molecule has 1 heterocycles. The van der Waals surface area contributed by atoms with Crippen molar-refractivity contribution < 1.29 is 22.7 Å². The molecule has 0 aromatic carbocycles. The van der Waals surface area contributed by atoms with Gasteiger partial charge in [-0.15, -0.1) is 0 Å². The Bertz CT molecular complexity index is 486. The number of ether oxygens (including phenoxy) is 1. The lowest BCUT2D eigenvalue weighted by molar-refractivity contribution is -0.137. The standard InChI is InChI=1S/C12H13ClF3NO2/c1-7(18)11(2,3)6-19-10-9(13)4-8(5-17-10)12(14,15)16/h4-5H,6H2,1-3H3. The van der Waals surface area contributed by atoms with Gasteiger partial charge in [0.15, 0.2) is 0 Å². The number of alkyl halides is 3. The second kappa shape index (κ2) is 5.36. The van der Waals surface area contributed by atoms with E-state index in [2.05, 4.69) is 4.98 Å². The SMILES string of the molecule is CC(=O)C(C)(C)COc1ncc(C(F)(F)F)cc1Cl. The van der Waals surface area contributed by atoms with Crippen LogP contribution in [-0.2, 0) is 11.0 Å². The molecule has 0 fully saturated rings. The number of ketones is 1. The van der Waals surface area contributed by atoms with Gasteiger partial charge in [-0.3, -0.25) is 4.79 Å². The number of hydrogen-bond acceptors (Lipinski definition) is 3. The number of carbonyl (C=O) groups is 1. The van der Waals surface area contributed by atoms with Crippen LogP contribution >= 0.6 is 11.6 Å². The minimum absolute atomic E-state index is 0.0135. The molecule has 0 radical (unpaired) electrons. The number of carbonyl (C=O) groups excluding carboxylic acids is 1. The maximum absolute atomic E-state index is 12.4. The summed E-state index contributed by atoms with van der Waals surface area (Å²) in [4.78, 5) is 14.8. The van der Waals surface area contributed by atoms with Gasteiger partial charge in [-0.2, -0.15) is 13.2 Å². The van der Waals surface area contributed by atoms with E-state index in [1.807, 2.05) is 0 Å². The molecule has 106 valence electrons. The molecule has 0 saturated heterocycles. The Morgan fingerprint density at radius 1 is 1.42 bits per heavy atom. The van der Waals surface area contributed by atoms with Crippen molar-refractivity contribution in [3.05, 3.63) is 22.8 Å². The van der Waals surface area contributed by atoms with Gasteiger partial charge in [0, 0.05) is 6.20 Å². The van der Waals surface area contributed by atoms with Gasteiger partial charge in [0.25, 0.3) is 0 Å². The molecule has 0 N–H and O–H groups in total. The van der Waals surface area contributed by atoms with E-state index in [9.17, 15) is 18.0 Å². The summed E-state index contributed by atoms with van der Waals surface area (Å²) in [6.07, 6.45) is -3.87. The summed E-state index contributed by atoms with van der Waals surface area (Å²) in [5, 5.41) is -0.242. The molecule has 0 bridgehead atoms. The summed E-state index contributed by atoms with van der Waals surface area (Å²) in [5.74, 6) is -0.223. The van der Waals surface area contributed by atoms with Crippen LogP contribution in [-0.4, -0.2) is 17.4 Å². The van der Waals surface area contributed by atoms with Crippen LogP contribution in [0.25, 0.3) is 0 Å². The van der Waals surface area contributed by atoms with Crippen molar-refractivity contribution in [2.24, 2.45) is 5.41 Å². The second-order valence-electron chi connectivity index (χ2n) is 4.74. The minimum Gasteiger partial charge on any atom is -0.476 e. The third-order valence-electron chi connectivity index (χ3n) is 2.66. The predicted octanol–water partition coefficient (Wildman–Crippen LogP) is 3.75. The fourth-order valence-electron chi connectivity index (χ4n) is 1.04. The Balaban J connectivity index is 2.85. The van der Waals surface area contributed by atoms with Gasteiger partial charge in [-0.05, 0) is 26.8 Å². The highest BCUT2D eigenvalue weighted by molar-refractivity contribution is 6.31. The zero-order valence-electron chi connectivity index (χ0n) is 10.6. The Kier molecular flexibility index (Phi) is 4.45. The third kappa shape index (κ3) is 4.09. The lowest BCUT2D eigenvalue weighted by atomic mass is 9.90. The molecule has 0 atom stereocenters. The molecule has 0 aliphatic rings. The zero-order chi connectivity index (χ0) is 14.8. The van der Waals surface area contributed by atoms with Crippen LogP contribution in [0.4, 0.5) is 13.2 Å². The number of hydrogen-bond donors (Lipinski definition) is 0. The van der Waals surface area contributed by atoms with Crippen molar-refractivity contribution in [1.82, 2.24) is 4.98 Å². The molecular formula is C12H13ClF3NO2. The average molecular weight is 296 g/mol. The van der Waals surface area contributed by atoms with Gasteiger partial charge in [0.2, 0.25) is 5.88 Å². The maximum Gasteiger partial charge on any atom is 0.417 e. The van der Waals surface area contributed by atoms with Crippen LogP contribution in [0.5, 0.6) is 5.88 Å². The fourth-order valence-corrected chi connectivity index (χ4v) is 1.26. The van der Waals surface area contributed by atoms with Gasteiger partial charge in [0.1, 0.15) is 17.4 Å². The van der Waals surface area contributed by atoms with E-state index >= 15 is 0 Å². The largest absolute Gasteiger partial charge is 0.476 e. The van der Waals surface area contributed by atoms with Gasteiger partial charge in [-0.1, -0.05) is 11.6 Å². The quantitative estimate of drug-likeness (QED) is 0.849. The van der Waals surface area contributed by atoms with Gasteiger partial charge in [0.05, 0.1) is 11.0 Å². The first-order chi connectivity index (χ1) is 8.54. The number of pyridine rings is 1. The average Bonchev–Trinajstić information content (AvgIpc) is 2.25. The topological polar surface area (TPSA) is 39.2 Å². The highest BCUT2D eigenvalue weighted by Gasteiger charge is 2.32. The third-order valence-corrected chi connectivity index (χ3v) is 2.93. The van der Waals surface area contributed by atoms with E-state index < -0.39 is 17.2 Å². The van der Waals surface area contributed by atoms with Crippen molar-refractivity contribution in [2.75, 3.05) is 6.61 Å². The van der Waals surface area contributed by atoms with Crippen molar-refractivity contribution in [3.8, 4) is 5.88 Å². The number of rotatable bonds is 4. The van der Waals surface area contributed by atoms with Crippen molar-refractivity contribution in [2.45, 2.75) is 26.9 Å². The Morgan fingerprint density at radius 2 is 2.00 bits per heavy atom. The summed E-state index contributed by atoms with van der Waals surface area (Å²) in [7, 11) is 0. The van der Waals surface area contributed by atoms with E-state index in [-0.39, 0.29) is 23.3 Å². The number of nitrogens with zero attached hydrogens (tertiary/aromatic N) is 1. The molecule has 1 aromatic rings. The molecule has 19 heavy (non-hydrogen) atoms. The van der Waals surface area contributed by atoms with Crippen molar-refractivity contribution in [1.29, 1.82) is 0 Å². The van der Waals surface area contributed by atoms with Gasteiger partial charge < -0.3 is 4.74 Å². The number of Topliss-reactive ketones (excluding diaryl/α,β-unsaturated/α-hetero) is 1. The zero-order valence-corrected chi connectivity index (χ0v) is 11.4. The Hall–Kier alpha value is -1.30. The molecule has 1 rings (SSSR count). The summed E-state index contributed by atoms with van der Waals surface area (Å²) in [6.45, 7) is 4.71. The predicted molar refractivity (Wildman–Crippen MR) is 64.2 cm³/mol. The monoisotopic (exact) mass is 295 g/mol. The van der Waals surface area contributed by atoms with Crippen molar-refractivity contribution >= 4 is 17.4 Å². The first-order valence-corrected chi connectivity index (χ1v) is 5.78. The summed E-state index contributed by atoms with van der Waals surface area (Å²) < 4.78 is 42.4. The van der Waals surface area contributed by atoms with Crippen LogP contribution in [0.3, 0.4) is 0 Å². The minimum atomic E-state index is -4.51. The first-order valence-electron chi connectivity index (χ1n) is 5.40. The van der Waals surface area contributed by atoms with Gasteiger partial charge >= 0.3 is 6.18 Å². The van der Waals surface area contributed by atoms with E-state index in [0.29, 0.717) is 6.20 Å². The molecule has 0 saturated carbocycles. The van der Waals surface area contributed by atoms with E-state index in [1.54, 1.807) is 13.8 Å². The Morgan fingerprint density at radius 3 is 2.42 bits per heavy atom. The second-order valence-corrected chi connectivity index (χ2v) is 5.14. The number of halogens is 4. The lowest BCUT2D eigenvalue weighted by Crippen LogP contribution is -2.29. The molecule has 7 heteroatoms. The lowest BCUT2D eigenvalue weighted by Gasteiger charge is -2.21.